The van der Waals surface area contributed by atoms with Crippen molar-refractivity contribution in [1.29, 1.82) is 0 Å². The first-order valence-electron chi connectivity index (χ1n) is 6.99. The average molecular weight is 369 g/mol. The van der Waals surface area contributed by atoms with Crippen LogP contribution in [0.5, 0.6) is 0 Å². The summed E-state index contributed by atoms with van der Waals surface area (Å²) in [5, 5.41) is 0. The summed E-state index contributed by atoms with van der Waals surface area (Å²) in [4.78, 5) is 22.5. The number of epoxide rings is 1. The maximum Gasteiger partial charge on any atom is 0.308 e. The first-order chi connectivity index (χ1) is 9.01. The summed E-state index contributed by atoms with van der Waals surface area (Å²) in [6.07, 6.45) is 3.35. The first kappa shape index (κ1) is 39.1. The zero-order chi connectivity index (χ0) is 14.3. The van der Waals surface area contributed by atoms with Crippen LogP contribution >= 0.6 is 0 Å². The molecule has 1 aliphatic rings. The molecule has 0 aromatic carbocycles. The summed E-state index contributed by atoms with van der Waals surface area (Å²) in [6, 6.07) is 0. The van der Waals surface area contributed by atoms with Crippen LogP contribution < -0.4 is 0 Å². The van der Waals surface area contributed by atoms with Crippen molar-refractivity contribution in [2.24, 2.45) is 0 Å². The van der Waals surface area contributed by atoms with Crippen LogP contribution in [-0.4, -0.2) is 36.9 Å². The highest BCUT2D eigenvalue weighted by atomic mass is 16.6. The highest BCUT2D eigenvalue weighted by Gasteiger charge is 2.27. The predicted octanol–water partition coefficient (Wildman–Crippen LogP) is 6.04. The van der Waals surface area contributed by atoms with Gasteiger partial charge in [0.15, 0.2) is 0 Å². The second-order valence-corrected chi connectivity index (χ2v) is 5.07. The minimum atomic E-state index is -0.286. The highest BCUT2D eigenvalue weighted by molar-refractivity contribution is 5.70. The molecule has 0 radical (unpaired) electrons. The summed E-state index contributed by atoms with van der Waals surface area (Å²) in [6.45, 7) is 5.97. The topological polar surface area (TPSA) is 65.1 Å². The fourth-order valence-electron chi connectivity index (χ4n) is 1.95. The molecule has 25 heavy (non-hydrogen) atoms. The van der Waals surface area contributed by atoms with Gasteiger partial charge in [0.05, 0.1) is 19.1 Å². The third-order valence-electron chi connectivity index (χ3n) is 2.94. The largest absolute Gasteiger partial charge is 0.462 e. The smallest absolute Gasteiger partial charge is 0.308 e. The number of hydrogen-bond acceptors (Lipinski definition) is 5. The highest BCUT2D eigenvalue weighted by Crippen LogP contribution is 2.17. The molecule has 0 aromatic heterocycles. The minimum absolute atomic E-state index is 0. The van der Waals surface area contributed by atoms with Crippen molar-refractivity contribution in [3.05, 3.63) is 0 Å². The van der Waals surface area contributed by atoms with E-state index < -0.39 is 0 Å². The number of unbranched alkanes of at least 4 members (excludes halogenated alkanes) is 1. The quantitative estimate of drug-likeness (QED) is 0.367. The Labute approximate surface area is 158 Å². The SMILES string of the molecule is C.C.C.C.C.C.CCCCC(CC(C)OC(=O)CC1CO1)OC(C)=O. The van der Waals surface area contributed by atoms with E-state index in [2.05, 4.69) is 6.92 Å². The molecule has 3 unspecified atom stereocenters. The van der Waals surface area contributed by atoms with Gasteiger partial charge in [-0.25, -0.2) is 0 Å². The Hall–Kier alpha value is -1.10. The van der Waals surface area contributed by atoms with Crippen molar-refractivity contribution in [2.45, 2.75) is 116 Å². The molecular formula is C20H48O5. The van der Waals surface area contributed by atoms with Gasteiger partial charge in [-0.3, -0.25) is 9.59 Å². The normalized spacial score (nSPS) is 15.6. The molecule has 1 rings (SSSR count). The number of ether oxygens (including phenoxy) is 3. The summed E-state index contributed by atoms with van der Waals surface area (Å²) in [7, 11) is 0. The molecule has 1 heterocycles. The molecule has 5 heteroatoms. The maximum absolute atomic E-state index is 11.5. The van der Waals surface area contributed by atoms with E-state index in [1.807, 2.05) is 6.92 Å². The van der Waals surface area contributed by atoms with Gasteiger partial charge in [0.1, 0.15) is 12.2 Å². The van der Waals surface area contributed by atoms with Gasteiger partial charge in [0.2, 0.25) is 0 Å². The summed E-state index contributed by atoms with van der Waals surface area (Å²) >= 11 is 0. The molecule has 0 saturated carbocycles. The van der Waals surface area contributed by atoms with Crippen LogP contribution in [0.15, 0.2) is 0 Å². The standard InChI is InChI=1S/C14H24O5.6CH4/c1-4-5-6-12(19-11(3)15)7-10(2)18-14(16)8-13-9-17-13;;;;;;/h10,12-13H,4-9H2,1-3H3;6*1H4. The van der Waals surface area contributed by atoms with Crippen LogP contribution in [0.25, 0.3) is 0 Å². The van der Waals surface area contributed by atoms with Crippen LogP contribution in [0.2, 0.25) is 0 Å². The Balaban J connectivity index is -0.000000150. The lowest BCUT2D eigenvalue weighted by molar-refractivity contribution is -0.153. The molecule has 0 N–H and O–H groups in total. The van der Waals surface area contributed by atoms with Crippen LogP contribution in [0.1, 0.15) is 97.4 Å². The van der Waals surface area contributed by atoms with Crippen LogP contribution in [0, 0.1) is 0 Å². The Morgan fingerprint density at radius 2 is 1.60 bits per heavy atom. The molecule has 158 valence electrons. The lowest BCUT2D eigenvalue weighted by Crippen LogP contribution is -2.25. The molecule has 0 amide bonds. The molecular weight excluding hydrogens is 320 g/mol. The van der Waals surface area contributed by atoms with Crippen molar-refractivity contribution in [3.8, 4) is 0 Å². The van der Waals surface area contributed by atoms with Crippen molar-refractivity contribution in [3.63, 3.8) is 0 Å². The van der Waals surface area contributed by atoms with Crippen molar-refractivity contribution in [2.75, 3.05) is 6.61 Å². The van der Waals surface area contributed by atoms with Gasteiger partial charge in [-0.05, 0) is 13.3 Å². The fourth-order valence-corrected chi connectivity index (χ4v) is 1.95. The molecule has 1 fully saturated rings. The molecule has 0 aromatic rings. The van der Waals surface area contributed by atoms with Crippen molar-refractivity contribution < 1.29 is 23.8 Å². The lowest BCUT2D eigenvalue weighted by Gasteiger charge is -2.21. The fraction of sp³-hybridized carbons (Fsp3) is 0.900. The van der Waals surface area contributed by atoms with Gasteiger partial charge in [-0.15, -0.1) is 0 Å². The number of carbonyl (C=O) groups excluding carboxylic acids is 2. The van der Waals surface area contributed by atoms with Crippen molar-refractivity contribution >= 4 is 11.9 Å². The third kappa shape index (κ3) is 20.9. The molecule has 0 aliphatic carbocycles. The number of esters is 2. The van der Waals surface area contributed by atoms with E-state index in [1.165, 1.54) is 6.92 Å². The Kier molecular flexibility index (Phi) is 32.8. The second kappa shape index (κ2) is 20.9. The molecule has 1 aliphatic heterocycles. The van der Waals surface area contributed by atoms with E-state index in [0.29, 0.717) is 19.4 Å². The van der Waals surface area contributed by atoms with Crippen LogP contribution in [-0.2, 0) is 23.8 Å². The molecule has 0 bridgehead atoms. The van der Waals surface area contributed by atoms with Gasteiger partial charge >= 0.3 is 11.9 Å². The molecule has 5 nitrogen and oxygen atoms in total. The average Bonchev–Trinajstić information content (AvgIpc) is 3.08. The van der Waals surface area contributed by atoms with Gasteiger partial charge in [-0.2, -0.15) is 0 Å². The molecule has 1 saturated heterocycles. The number of hydrogen-bond donors (Lipinski definition) is 0. The summed E-state index contributed by atoms with van der Waals surface area (Å²) < 4.78 is 15.5. The third-order valence-corrected chi connectivity index (χ3v) is 2.94. The molecule has 3 atom stereocenters. The molecule has 0 spiro atoms. The van der Waals surface area contributed by atoms with E-state index in [1.54, 1.807) is 0 Å². The number of rotatable bonds is 9. The van der Waals surface area contributed by atoms with Crippen LogP contribution in [0.4, 0.5) is 0 Å². The number of carbonyl (C=O) groups is 2. The van der Waals surface area contributed by atoms with Gasteiger partial charge in [0.25, 0.3) is 0 Å². The Morgan fingerprint density at radius 3 is 2.00 bits per heavy atom. The van der Waals surface area contributed by atoms with E-state index in [-0.39, 0.29) is 74.8 Å². The van der Waals surface area contributed by atoms with Gasteiger partial charge in [-0.1, -0.05) is 64.3 Å². The maximum atomic E-state index is 11.5. The summed E-state index contributed by atoms with van der Waals surface area (Å²) in [5.41, 5.74) is 0. The summed E-state index contributed by atoms with van der Waals surface area (Å²) in [5.74, 6) is -0.530. The predicted molar refractivity (Wildman–Crippen MR) is 110 cm³/mol. The first-order valence-corrected chi connectivity index (χ1v) is 6.99. The van der Waals surface area contributed by atoms with E-state index in [9.17, 15) is 9.59 Å². The van der Waals surface area contributed by atoms with E-state index in [0.717, 1.165) is 19.3 Å². The Morgan fingerprint density at radius 1 is 1.08 bits per heavy atom. The van der Waals surface area contributed by atoms with Crippen LogP contribution in [0.3, 0.4) is 0 Å². The van der Waals surface area contributed by atoms with Gasteiger partial charge < -0.3 is 14.2 Å². The zero-order valence-corrected chi connectivity index (χ0v) is 12.0. The monoisotopic (exact) mass is 368 g/mol. The van der Waals surface area contributed by atoms with E-state index >= 15 is 0 Å². The lowest BCUT2D eigenvalue weighted by atomic mass is 10.1. The Bertz CT molecular complexity index is 300. The zero-order valence-electron chi connectivity index (χ0n) is 12.0. The minimum Gasteiger partial charge on any atom is -0.462 e. The van der Waals surface area contributed by atoms with E-state index in [4.69, 9.17) is 14.2 Å². The second-order valence-electron chi connectivity index (χ2n) is 5.07. The van der Waals surface area contributed by atoms with Gasteiger partial charge in [0, 0.05) is 13.3 Å². The van der Waals surface area contributed by atoms with Crippen molar-refractivity contribution in [1.82, 2.24) is 0 Å².